The van der Waals surface area contributed by atoms with E-state index in [0.29, 0.717) is 0 Å². The summed E-state index contributed by atoms with van der Waals surface area (Å²) in [7, 11) is 0. The molecule has 0 bridgehead atoms. The van der Waals surface area contributed by atoms with E-state index in [1.165, 1.54) is 17.5 Å². The quantitative estimate of drug-likeness (QED) is 0.516. The third-order valence-corrected chi connectivity index (χ3v) is 2.09. The average molecular weight is 228 g/mol. The molecule has 0 heterocycles. The van der Waals surface area contributed by atoms with Crippen LogP contribution in [0.25, 0.3) is 0 Å². The van der Waals surface area contributed by atoms with Crippen molar-refractivity contribution in [1.82, 2.24) is 0 Å². The van der Waals surface area contributed by atoms with Crippen LogP contribution in [0.3, 0.4) is 0 Å². The second-order valence-electron chi connectivity index (χ2n) is 3.05. The van der Waals surface area contributed by atoms with E-state index in [9.17, 15) is 0 Å². The van der Waals surface area contributed by atoms with Crippen molar-refractivity contribution in [3.8, 4) is 0 Å². The summed E-state index contributed by atoms with van der Waals surface area (Å²) in [4.78, 5) is 0. The molecule has 0 saturated heterocycles. The molecule has 82 valence electrons. The van der Waals surface area contributed by atoms with Crippen molar-refractivity contribution in [2.45, 2.75) is 20.3 Å². The van der Waals surface area contributed by atoms with Crippen LogP contribution < -0.4 is 0 Å². The van der Waals surface area contributed by atoms with E-state index in [1.807, 2.05) is 30.3 Å². The first-order valence-electron chi connectivity index (χ1n) is 4.72. The van der Waals surface area contributed by atoms with Crippen molar-refractivity contribution in [3.63, 3.8) is 0 Å². The Morgan fingerprint density at radius 1 is 1.14 bits per heavy atom. The first kappa shape index (κ1) is 13.2. The molecule has 2 aromatic carbocycles. The SMILES string of the molecule is CC[c-]1cccc1C.[Fe].[cH-]1[cH-][cH-][cH-][cH-]1. The third-order valence-electron chi connectivity index (χ3n) is 2.09. The Morgan fingerprint density at radius 3 is 1.86 bits per heavy atom. The zero-order valence-corrected chi connectivity index (χ0v) is 9.78. The van der Waals surface area contributed by atoms with E-state index >= 15 is 0 Å². The number of aryl methyl sites for hydroxylation is 2. The molecule has 0 N–H and O–H groups in total. The molecule has 0 aliphatic rings. The third kappa shape index (κ3) is 4.45. The summed E-state index contributed by atoms with van der Waals surface area (Å²) in [5.41, 5.74) is 2.90. The van der Waals surface area contributed by atoms with Gasteiger partial charge in [-0.1, -0.05) is 20.3 Å². The Labute approximate surface area is 97.2 Å². The second-order valence-corrected chi connectivity index (χ2v) is 3.05. The second kappa shape index (κ2) is 7.61. The molecule has 0 aromatic heterocycles. The summed E-state index contributed by atoms with van der Waals surface area (Å²) >= 11 is 0. The van der Waals surface area contributed by atoms with E-state index in [1.54, 1.807) is 0 Å². The summed E-state index contributed by atoms with van der Waals surface area (Å²) in [6.45, 7) is 4.33. The van der Waals surface area contributed by atoms with Gasteiger partial charge in [-0.05, 0) is 0 Å². The normalized spacial score (nSPS) is 8.43. The van der Waals surface area contributed by atoms with E-state index in [0.717, 1.165) is 0 Å². The molecular formula is C13H16Fe-6. The zero-order valence-electron chi connectivity index (χ0n) is 8.68. The van der Waals surface area contributed by atoms with Crippen LogP contribution in [0.15, 0.2) is 48.5 Å². The molecule has 0 aliphatic heterocycles. The number of rotatable bonds is 1. The van der Waals surface area contributed by atoms with E-state index < -0.39 is 0 Å². The fraction of sp³-hybridized carbons (Fsp3) is 0.231. The fourth-order valence-electron chi connectivity index (χ4n) is 1.26. The molecule has 0 spiro atoms. The maximum Gasteiger partial charge on any atom is 0 e. The van der Waals surface area contributed by atoms with Gasteiger partial charge in [-0.2, -0.15) is 17.2 Å². The monoisotopic (exact) mass is 228 g/mol. The van der Waals surface area contributed by atoms with Crippen molar-refractivity contribution in [2.24, 2.45) is 0 Å². The Balaban J connectivity index is 0.000000246. The van der Waals surface area contributed by atoms with E-state index in [-0.39, 0.29) is 17.1 Å². The van der Waals surface area contributed by atoms with Crippen LogP contribution in [0.4, 0.5) is 0 Å². The van der Waals surface area contributed by atoms with Crippen LogP contribution in [0.5, 0.6) is 0 Å². The standard InChI is InChI=1S/C8H11.C5H5.Fe/c1-3-8-6-4-5-7(8)2;1-2-4-5-3-1;/h4-6H,3H2,1-2H3;1-5H;/q-1;-5;. The predicted molar refractivity (Wildman–Crippen MR) is 58.2 cm³/mol. The first-order valence-corrected chi connectivity index (χ1v) is 4.72. The minimum atomic E-state index is 0. The fourth-order valence-corrected chi connectivity index (χ4v) is 1.26. The molecule has 0 fully saturated rings. The molecule has 2 aromatic rings. The Kier molecular flexibility index (Phi) is 7.18. The molecule has 14 heavy (non-hydrogen) atoms. The predicted octanol–water partition coefficient (Wildman–Crippen LogP) is 3.68. The van der Waals surface area contributed by atoms with Crippen molar-refractivity contribution < 1.29 is 17.1 Å². The van der Waals surface area contributed by atoms with Crippen molar-refractivity contribution >= 4 is 0 Å². The summed E-state index contributed by atoms with van der Waals surface area (Å²) in [6.07, 6.45) is 1.17. The minimum Gasteiger partial charge on any atom is -0.748 e. The van der Waals surface area contributed by atoms with Gasteiger partial charge >= 0.3 is 0 Å². The molecule has 0 amide bonds. The molecule has 0 saturated carbocycles. The van der Waals surface area contributed by atoms with Crippen molar-refractivity contribution in [3.05, 3.63) is 59.7 Å². The van der Waals surface area contributed by atoms with Gasteiger partial charge in [0.05, 0.1) is 0 Å². The van der Waals surface area contributed by atoms with Gasteiger partial charge in [0.25, 0.3) is 0 Å². The molecule has 0 radical (unpaired) electrons. The smallest absolute Gasteiger partial charge is 0 e. The van der Waals surface area contributed by atoms with Gasteiger partial charge in [0.15, 0.2) is 0 Å². The van der Waals surface area contributed by atoms with Gasteiger partial charge in [-0.25, -0.2) is 12.1 Å². The van der Waals surface area contributed by atoms with Crippen LogP contribution in [-0.4, -0.2) is 0 Å². The summed E-state index contributed by atoms with van der Waals surface area (Å²) in [6, 6.07) is 16.4. The topological polar surface area (TPSA) is 0 Å². The molecule has 0 atom stereocenters. The first-order chi connectivity index (χ1) is 6.34. The maximum absolute atomic E-state index is 2.18. The van der Waals surface area contributed by atoms with Gasteiger partial charge in [0, 0.05) is 17.1 Å². The molecule has 0 nitrogen and oxygen atoms in total. The molecule has 1 heteroatoms. The molecule has 0 unspecified atom stereocenters. The van der Waals surface area contributed by atoms with E-state index in [4.69, 9.17) is 0 Å². The molecular weight excluding hydrogens is 212 g/mol. The van der Waals surface area contributed by atoms with Crippen LogP contribution in [-0.2, 0) is 23.5 Å². The van der Waals surface area contributed by atoms with Gasteiger partial charge in [0.1, 0.15) is 0 Å². The van der Waals surface area contributed by atoms with Crippen molar-refractivity contribution in [2.75, 3.05) is 0 Å². The van der Waals surface area contributed by atoms with Gasteiger partial charge in [-0.3, -0.25) is 0 Å². The van der Waals surface area contributed by atoms with Gasteiger partial charge in [0.2, 0.25) is 0 Å². The zero-order chi connectivity index (χ0) is 9.52. The Bertz CT molecular complexity index is 286. The summed E-state index contributed by atoms with van der Waals surface area (Å²) < 4.78 is 0. The minimum absolute atomic E-state index is 0. The molecule has 2 rings (SSSR count). The maximum atomic E-state index is 2.18. The largest absolute Gasteiger partial charge is 0.748 e. The van der Waals surface area contributed by atoms with Crippen molar-refractivity contribution in [1.29, 1.82) is 0 Å². The van der Waals surface area contributed by atoms with Gasteiger partial charge in [-0.15, -0.1) is 0 Å². The van der Waals surface area contributed by atoms with E-state index in [2.05, 4.69) is 32.0 Å². The van der Waals surface area contributed by atoms with Crippen LogP contribution in [0, 0.1) is 6.92 Å². The number of hydrogen-bond acceptors (Lipinski definition) is 0. The van der Waals surface area contributed by atoms with Crippen LogP contribution in [0.2, 0.25) is 0 Å². The average Bonchev–Trinajstić information content (AvgIpc) is 2.76. The Hall–Kier alpha value is -0.781. The van der Waals surface area contributed by atoms with Crippen LogP contribution >= 0.6 is 0 Å². The van der Waals surface area contributed by atoms with Crippen LogP contribution in [0.1, 0.15) is 18.1 Å². The summed E-state index contributed by atoms with van der Waals surface area (Å²) in [5.74, 6) is 0. The van der Waals surface area contributed by atoms with Gasteiger partial charge < -0.3 is 30.3 Å². The number of hydrogen-bond donors (Lipinski definition) is 0. The summed E-state index contributed by atoms with van der Waals surface area (Å²) in [5, 5.41) is 0. The Morgan fingerprint density at radius 2 is 1.64 bits per heavy atom. The molecule has 0 aliphatic carbocycles.